The van der Waals surface area contributed by atoms with E-state index in [9.17, 15) is 19.7 Å². The first-order chi connectivity index (χ1) is 9.88. The Morgan fingerprint density at radius 3 is 2.81 bits per heavy atom. The molecule has 1 aromatic carbocycles. The number of nitrogens with one attached hydrogen (secondary N) is 2. The van der Waals surface area contributed by atoms with E-state index in [-0.39, 0.29) is 33.4 Å². The number of thiazole rings is 1. The summed E-state index contributed by atoms with van der Waals surface area (Å²) >= 11 is 6.74. The molecule has 0 unspecified atom stereocenters. The minimum absolute atomic E-state index is 0.0430. The zero-order valence-electron chi connectivity index (χ0n) is 10.4. The number of H-pyrrole nitrogens is 1. The van der Waals surface area contributed by atoms with Crippen molar-refractivity contribution >= 4 is 40.2 Å². The summed E-state index contributed by atoms with van der Waals surface area (Å²) in [6, 6.07) is 2.12. The molecule has 0 atom stereocenters. The van der Waals surface area contributed by atoms with E-state index in [2.05, 4.69) is 10.3 Å². The van der Waals surface area contributed by atoms with Crippen LogP contribution in [-0.2, 0) is 6.54 Å². The highest BCUT2D eigenvalue weighted by Crippen LogP contribution is 2.28. The molecule has 0 saturated heterocycles. The van der Waals surface area contributed by atoms with Gasteiger partial charge in [0.15, 0.2) is 0 Å². The van der Waals surface area contributed by atoms with E-state index >= 15 is 0 Å². The lowest BCUT2D eigenvalue weighted by atomic mass is 10.1. The van der Waals surface area contributed by atoms with Crippen molar-refractivity contribution in [3.8, 4) is 0 Å². The van der Waals surface area contributed by atoms with Gasteiger partial charge in [0.1, 0.15) is 0 Å². The van der Waals surface area contributed by atoms with E-state index in [1.54, 1.807) is 5.38 Å². The summed E-state index contributed by atoms with van der Waals surface area (Å²) in [5.41, 5.74) is 5.71. The molecule has 0 aliphatic heterocycles. The van der Waals surface area contributed by atoms with Gasteiger partial charge in [0.05, 0.1) is 27.7 Å². The SMILES string of the molecule is Nc1c(Cl)cc([N+](=O)[O-])cc1C(=O)NCc1csc(=O)[nH]1. The minimum atomic E-state index is -0.668. The van der Waals surface area contributed by atoms with Gasteiger partial charge in [-0.25, -0.2) is 0 Å². The lowest BCUT2D eigenvalue weighted by molar-refractivity contribution is -0.384. The number of amides is 1. The third-order valence-corrected chi connectivity index (χ3v) is 3.61. The Morgan fingerprint density at radius 2 is 2.24 bits per heavy atom. The van der Waals surface area contributed by atoms with E-state index in [1.165, 1.54) is 0 Å². The first-order valence-corrected chi connectivity index (χ1v) is 6.82. The zero-order chi connectivity index (χ0) is 15.6. The van der Waals surface area contributed by atoms with Crippen LogP contribution in [0.5, 0.6) is 0 Å². The zero-order valence-corrected chi connectivity index (χ0v) is 12.0. The number of aromatic amines is 1. The maximum Gasteiger partial charge on any atom is 0.304 e. The molecule has 1 amide bonds. The number of anilines is 1. The van der Waals surface area contributed by atoms with E-state index in [0.717, 1.165) is 23.5 Å². The van der Waals surface area contributed by atoms with Crippen molar-refractivity contribution in [2.24, 2.45) is 0 Å². The van der Waals surface area contributed by atoms with Crippen LogP contribution in [-0.4, -0.2) is 15.8 Å². The number of halogens is 1. The molecule has 21 heavy (non-hydrogen) atoms. The summed E-state index contributed by atoms with van der Waals surface area (Å²) in [5, 5.41) is 14.7. The van der Waals surface area contributed by atoms with Gasteiger partial charge in [0.2, 0.25) is 0 Å². The molecule has 0 saturated carbocycles. The molecule has 8 nitrogen and oxygen atoms in total. The van der Waals surface area contributed by atoms with Crippen LogP contribution in [0.25, 0.3) is 0 Å². The summed E-state index contributed by atoms with van der Waals surface area (Å²) in [4.78, 5) is 35.3. The second-order valence-corrected chi connectivity index (χ2v) is 5.25. The van der Waals surface area contributed by atoms with Crippen LogP contribution < -0.4 is 15.9 Å². The third-order valence-electron chi connectivity index (χ3n) is 2.58. The van der Waals surface area contributed by atoms with Crippen LogP contribution >= 0.6 is 22.9 Å². The molecular formula is C11H9ClN4O4S. The number of nitrogens with two attached hydrogens (primary N) is 1. The highest BCUT2D eigenvalue weighted by molar-refractivity contribution is 7.07. The van der Waals surface area contributed by atoms with Gasteiger partial charge in [0, 0.05) is 23.2 Å². The number of carbonyl (C=O) groups excluding carboxylic acids is 1. The molecule has 0 bridgehead atoms. The molecule has 2 rings (SSSR count). The van der Waals surface area contributed by atoms with E-state index < -0.39 is 10.8 Å². The molecule has 0 fully saturated rings. The predicted molar refractivity (Wildman–Crippen MR) is 78.6 cm³/mol. The van der Waals surface area contributed by atoms with Crippen molar-refractivity contribution in [1.82, 2.24) is 10.3 Å². The number of benzene rings is 1. The first-order valence-electron chi connectivity index (χ1n) is 5.56. The quantitative estimate of drug-likeness (QED) is 0.444. The second-order valence-electron chi connectivity index (χ2n) is 4.00. The largest absolute Gasteiger partial charge is 0.397 e. The van der Waals surface area contributed by atoms with Crippen LogP contribution in [0.4, 0.5) is 11.4 Å². The summed E-state index contributed by atoms with van der Waals surface area (Å²) in [5.74, 6) is -0.620. The van der Waals surface area contributed by atoms with Crippen LogP contribution in [0, 0.1) is 10.1 Å². The van der Waals surface area contributed by atoms with Gasteiger partial charge in [-0.2, -0.15) is 0 Å². The molecular weight excluding hydrogens is 320 g/mol. The second kappa shape index (κ2) is 5.94. The Balaban J connectivity index is 2.22. The maximum atomic E-state index is 12.0. The molecule has 1 aromatic heterocycles. The van der Waals surface area contributed by atoms with Gasteiger partial charge in [0.25, 0.3) is 11.6 Å². The minimum Gasteiger partial charge on any atom is -0.397 e. The van der Waals surface area contributed by atoms with E-state index in [0.29, 0.717) is 5.69 Å². The Labute approximate surface area is 126 Å². The van der Waals surface area contributed by atoms with Crippen LogP contribution in [0.2, 0.25) is 5.02 Å². The van der Waals surface area contributed by atoms with Crippen molar-refractivity contribution in [3.63, 3.8) is 0 Å². The number of aromatic nitrogens is 1. The Morgan fingerprint density at radius 1 is 1.52 bits per heavy atom. The Kier molecular flexibility index (Phi) is 4.24. The van der Waals surface area contributed by atoms with Gasteiger partial charge in [-0.1, -0.05) is 22.9 Å². The molecule has 2 aromatic rings. The fraction of sp³-hybridized carbons (Fsp3) is 0.0909. The third kappa shape index (κ3) is 3.38. The number of nitro groups is 1. The van der Waals surface area contributed by atoms with Crippen molar-refractivity contribution in [2.45, 2.75) is 6.54 Å². The van der Waals surface area contributed by atoms with Gasteiger partial charge < -0.3 is 16.0 Å². The van der Waals surface area contributed by atoms with Crippen molar-refractivity contribution < 1.29 is 9.72 Å². The van der Waals surface area contributed by atoms with Gasteiger partial charge in [-0.15, -0.1) is 0 Å². The maximum absolute atomic E-state index is 12.0. The van der Waals surface area contributed by atoms with E-state index in [1.807, 2.05) is 0 Å². The smallest absolute Gasteiger partial charge is 0.304 e. The van der Waals surface area contributed by atoms with Gasteiger partial charge in [-0.05, 0) is 0 Å². The van der Waals surface area contributed by atoms with Gasteiger partial charge >= 0.3 is 4.87 Å². The van der Waals surface area contributed by atoms with Gasteiger partial charge in [-0.3, -0.25) is 19.7 Å². The number of hydrogen-bond acceptors (Lipinski definition) is 6. The monoisotopic (exact) mass is 328 g/mol. The summed E-state index contributed by atoms with van der Waals surface area (Å²) in [7, 11) is 0. The molecule has 10 heteroatoms. The average Bonchev–Trinajstić information content (AvgIpc) is 2.84. The molecule has 1 heterocycles. The fourth-order valence-corrected chi connectivity index (χ4v) is 2.36. The molecule has 0 aliphatic rings. The first kappa shape index (κ1) is 15.0. The summed E-state index contributed by atoms with van der Waals surface area (Å²) < 4.78 is 0. The standard InChI is InChI=1S/C11H9ClN4O4S/c12-8-2-6(16(19)20)1-7(9(8)13)10(17)14-3-5-4-21-11(18)15-5/h1-2,4H,3,13H2,(H,14,17)(H,15,18). The topological polar surface area (TPSA) is 131 Å². The number of non-ortho nitro benzene ring substituents is 1. The molecule has 110 valence electrons. The van der Waals surface area contributed by atoms with Crippen LogP contribution in [0.1, 0.15) is 16.1 Å². The van der Waals surface area contributed by atoms with Crippen molar-refractivity contribution in [2.75, 3.05) is 5.73 Å². The number of nitrogen functional groups attached to an aromatic ring is 1. The summed E-state index contributed by atoms with van der Waals surface area (Å²) in [6.07, 6.45) is 0. The highest BCUT2D eigenvalue weighted by atomic mass is 35.5. The lowest BCUT2D eigenvalue weighted by Gasteiger charge is -2.08. The highest BCUT2D eigenvalue weighted by Gasteiger charge is 2.18. The van der Waals surface area contributed by atoms with E-state index in [4.69, 9.17) is 17.3 Å². The van der Waals surface area contributed by atoms with Crippen molar-refractivity contribution in [3.05, 3.63) is 53.6 Å². The average molecular weight is 329 g/mol. The number of rotatable bonds is 4. The van der Waals surface area contributed by atoms with Crippen LogP contribution in [0.3, 0.4) is 0 Å². The normalized spacial score (nSPS) is 10.3. The molecule has 0 aliphatic carbocycles. The number of nitrogens with zero attached hydrogens (tertiary/aromatic N) is 1. The lowest BCUT2D eigenvalue weighted by Crippen LogP contribution is -2.24. The van der Waals surface area contributed by atoms with Crippen molar-refractivity contribution in [1.29, 1.82) is 0 Å². The predicted octanol–water partition coefficient (Wildman–Crippen LogP) is 1.51. The number of hydrogen-bond donors (Lipinski definition) is 3. The summed E-state index contributed by atoms with van der Waals surface area (Å²) in [6.45, 7) is 0.0668. The fourth-order valence-electron chi connectivity index (χ4n) is 1.57. The number of carbonyl (C=O) groups is 1. The Bertz CT molecular complexity index is 770. The molecule has 0 radical (unpaired) electrons. The number of nitro benzene ring substituents is 1. The Hall–Kier alpha value is -2.39. The molecule has 0 spiro atoms. The van der Waals surface area contributed by atoms with Crippen LogP contribution in [0.15, 0.2) is 22.3 Å². The molecule has 4 N–H and O–H groups in total.